The molecule has 66 heavy (non-hydrogen) atoms. The normalized spacial score (nSPS) is 13.2. The average Bonchev–Trinajstić information content (AvgIpc) is 3.84. The first-order chi connectivity index (χ1) is 31.5. The lowest BCUT2D eigenvalue weighted by molar-refractivity contribution is 0.483. The molecule has 0 saturated carbocycles. The predicted octanol–water partition coefficient (Wildman–Crippen LogP) is 16.8. The van der Waals surface area contributed by atoms with E-state index < -0.39 is 0 Å². The van der Waals surface area contributed by atoms with Crippen LogP contribution in [0.1, 0.15) is 84.6 Å². The Morgan fingerprint density at radius 2 is 1.09 bits per heavy atom. The number of anilines is 4. The van der Waals surface area contributed by atoms with Crippen LogP contribution < -0.4 is 14.5 Å². The third-order valence-corrected chi connectivity index (χ3v) is 13.3. The van der Waals surface area contributed by atoms with Crippen LogP contribution in [0.4, 0.5) is 22.7 Å². The molecular weight excluding hydrogens is 805 g/mol. The minimum atomic E-state index is 0.0162. The number of benzene rings is 7. The summed E-state index contributed by atoms with van der Waals surface area (Å²) in [6.45, 7) is 23.5. The Bertz CT molecular complexity index is 3250. The van der Waals surface area contributed by atoms with E-state index in [2.05, 4.69) is 247 Å². The van der Waals surface area contributed by atoms with E-state index in [1.807, 2.05) is 6.20 Å². The van der Waals surface area contributed by atoms with E-state index in [0.29, 0.717) is 6.67 Å². The molecule has 0 atom stereocenters. The lowest BCUT2D eigenvalue weighted by Crippen LogP contribution is -2.25. The summed E-state index contributed by atoms with van der Waals surface area (Å²) >= 11 is 0. The van der Waals surface area contributed by atoms with E-state index in [-0.39, 0.29) is 16.2 Å². The summed E-state index contributed by atoms with van der Waals surface area (Å²) in [5.74, 6) is 2.41. The number of fused-ring (bicyclic) bond motifs is 4. The zero-order valence-electron chi connectivity index (χ0n) is 40.1. The summed E-state index contributed by atoms with van der Waals surface area (Å²) < 4.78 is 9.13. The van der Waals surface area contributed by atoms with Crippen molar-refractivity contribution in [2.75, 3.05) is 16.5 Å². The predicted molar refractivity (Wildman–Crippen MR) is 279 cm³/mol. The molecule has 3 heterocycles. The first-order valence-electron chi connectivity index (χ1n) is 23.3. The Labute approximate surface area is 391 Å². The molecule has 0 fully saturated rings. The molecule has 2 aromatic heterocycles. The zero-order valence-corrected chi connectivity index (χ0v) is 40.1. The zero-order chi connectivity index (χ0) is 46.1. The summed E-state index contributed by atoms with van der Waals surface area (Å²) in [5, 5.41) is 2.31. The minimum absolute atomic E-state index is 0.0162. The van der Waals surface area contributed by atoms with Crippen LogP contribution in [0.3, 0.4) is 0 Å². The number of aryl methyl sites for hydroxylation is 1. The van der Waals surface area contributed by atoms with Gasteiger partial charge in [-0.2, -0.15) is 0 Å². The third kappa shape index (κ3) is 8.02. The molecule has 0 bridgehead atoms. The van der Waals surface area contributed by atoms with Gasteiger partial charge in [-0.05, 0) is 129 Å². The molecule has 10 rings (SSSR count). The standard InChI is InChI=1S/C61H60N4O/c1-40-30-58(62-38-53(40)43-20-16-21-44(31-43)59(2,3)4)65-54-29-26-42(41-18-12-11-13-19-41)32-52(54)51-28-27-50(37-57(51)65)66-49-23-17-22-47(36-49)63-39-64(56-25-15-14-24-55(56)63)48-34-45(60(5,6)7)33-46(35-48)61(8,9)10/h11-38H,39H2,1-10H3. The maximum absolute atomic E-state index is 6.84. The van der Waals surface area contributed by atoms with Gasteiger partial charge in [0.25, 0.3) is 0 Å². The molecule has 5 nitrogen and oxygen atoms in total. The molecule has 0 amide bonds. The Morgan fingerprint density at radius 1 is 0.455 bits per heavy atom. The number of ether oxygens (including phenoxy) is 1. The van der Waals surface area contributed by atoms with Crippen LogP contribution in [0.15, 0.2) is 170 Å². The van der Waals surface area contributed by atoms with E-state index in [0.717, 1.165) is 45.0 Å². The highest BCUT2D eigenvalue weighted by molar-refractivity contribution is 6.10. The van der Waals surface area contributed by atoms with Crippen molar-refractivity contribution in [3.05, 3.63) is 192 Å². The van der Waals surface area contributed by atoms with Gasteiger partial charge in [-0.25, -0.2) is 4.98 Å². The largest absolute Gasteiger partial charge is 0.457 e. The van der Waals surface area contributed by atoms with Crippen molar-refractivity contribution < 1.29 is 4.74 Å². The number of hydrogen-bond donors (Lipinski definition) is 0. The summed E-state index contributed by atoms with van der Waals surface area (Å²) in [6.07, 6.45) is 2.04. The molecule has 0 saturated heterocycles. The molecule has 9 aromatic rings. The van der Waals surface area contributed by atoms with E-state index >= 15 is 0 Å². The Kier molecular flexibility index (Phi) is 10.4. The van der Waals surface area contributed by atoms with Gasteiger partial charge in [0.05, 0.1) is 22.4 Å². The van der Waals surface area contributed by atoms with Gasteiger partial charge < -0.3 is 14.5 Å². The lowest BCUT2D eigenvalue weighted by atomic mass is 9.80. The van der Waals surface area contributed by atoms with Crippen LogP contribution in [-0.2, 0) is 16.2 Å². The number of aromatic nitrogens is 2. The number of nitrogens with zero attached hydrogens (tertiary/aromatic N) is 4. The van der Waals surface area contributed by atoms with E-state index in [1.54, 1.807) is 0 Å². The second kappa shape index (κ2) is 16.1. The van der Waals surface area contributed by atoms with Crippen molar-refractivity contribution >= 4 is 44.6 Å². The van der Waals surface area contributed by atoms with Crippen LogP contribution in [0.5, 0.6) is 11.5 Å². The van der Waals surface area contributed by atoms with Crippen molar-refractivity contribution in [3.63, 3.8) is 0 Å². The van der Waals surface area contributed by atoms with Crippen LogP contribution in [-0.4, -0.2) is 16.2 Å². The van der Waals surface area contributed by atoms with Gasteiger partial charge in [-0.3, -0.25) is 4.57 Å². The van der Waals surface area contributed by atoms with Crippen molar-refractivity contribution in [2.24, 2.45) is 0 Å². The molecule has 0 aliphatic carbocycles. The fourth-order valence-electron chi connectivity index (χ4n) is 9.38. The van der Waals surface area contributed by atoms with Gasteiger partial charge in [-0.15, -0.1) is 0 Å². The lowest BCUT2D eigenvalue weighted by Gasteiger charge is -2.29. The van der Waals surface area contributed by atoms with Crippen LogP contribution in [0.2, 0.25) is 0 Å². The van der Waals surface area contributed by atoms with Crippen molar-refractivity contribution in [3.8, 4) is 39.6 Å². The van der Waals surface area contributed by atoms with E-state index in [4.69, 9.17) is 9.72 Å². The van der Waals surface area contributed by atoms with Crippen molar-refractivity contribution in [1.82, 2.24) is 9.55 Å². The molecule has 7 aromatic carbocycles. The Hall–Kier alpha value is -7.11. The number of rotatable bonds is 7. The third-order valence-electron chi connectivity index (χ3n) is 13.3. The number of hydrogen-bond acceptors (Lipinski definition) is 4. The second-order valence-electron chi connectivity index (χ2n) is 21.2. The molecule has 0 radical (unpaired) electrons. The van der Waals surface area contributed by atoms with Crippen LogP contribution in [0, 0.1) is 6.92 Å². The fraction of sp³-hybridized carbons (Fsp3) is 0.230. The maximum Gasteiger partial charge on any atom is 0.137 e. The summed E-state index contributed by atoms with van der Waals surface area (Å²) in [4.78, 5) is 10.0. The highest BCUT2D eigenvalue weighted by atomic mass is 16.5. The van der Waals surface area contributed by atoms with Gasteiger partial charge in [0.15, 0.2) is 0 Å². The summed E-state index contributed by atoms with van der Waals surface area (Å²) in [7, 11) is 0. The van der Waals surface area contributed by atoms with Gasteiger partial charge in [0, 0.05) is 46.0 Å². The molecule has 0 N–H and O–H groups in total. The van der Waals surface area contributed by atoms with Gasteiger partial charge in [-0.1, -0.05) is 147 Å². The van der Waals surface area contributed by atoms with E-state index in [9.17, 15) is 0 Å². The summed E-state index contributed by atoms with van der Waals surface area (Å²) in [6, 6.07) is 59.3. The molecule has 1 aliphatic rings. The molecule has 5 heteroatoms. The van der Waals surface area contributed by atoms with Crippen LogP contribution in [0.25, 0.3) is 49.9 Å². The summed E-state index contributed by atoms with van der Waals surface area (Å²) in [5.41, 5.74) is 16.7. The fourth-order valence-corrected chi connectivity index (χ4v) is 9.38. The minimum Gasteiger partial charge on any atom is -0.457 e. The van der Waals surface area contributed by atoms with Crippen molar-refractivity contribution in [2.45, 2.75) is 85.5 Å². The molecule has 0 spiro atoms. The molecular formula is C61H60N4O. The topological polar surface area (TPSA) is 33.5 Å². The average molecular weight is 865 g/mol. The molecule has 330 valence electrons. The molecule has 1 aliphatic heterocycles. The number of pyridine rings is 1. The van der Waals surface area contributed by atoms with Crippen molar-refractivity contribution in [1.29, 1.82) is 0 Å². The first kappa shape index (κ1) is 42.8. The Balaban J connectivity index is 1.03. The monoisotopic (exact) mass is 864 g/mol. The highest BCUT2D eigenvalue weighted by Gasteiger charge is 2.30. The second-order valence-corrected chi connectivity index (χ2v) is 21.2. The quantitative estimate of drug-likeness (QED) is 0.160. The first-order valence-corrected chi connectivity index (χ1v) is 23.3. The van der Waals surface area contributed by atoms with Gasteiger partial charge in [0.2, 0.25) is 0 Å². The van der Waals surface area contributed by atoms with Crippen LogP contribution >= 0.6 is 0 Å². The SMILES string of the molecule is Cc1cc(-n2c3ccc(-c4ccccc4)cc3c3ccc(Oc4cccc(N5CN(c6cc(C(C)(C)C)cc(C(C)(C)C)c6)c6ccccc65)c4)cc32)ncc1-c1cccc(C(C)(C)C)c1. The number of para-hydroxylation sites is 2. The van der Waals surface area contributed by atoms with E-state index in [1.165, 1.54) is 61.4 Å². The smallest absolute Gasteiger partial charge is 0.137 e. The maximum atomic E-state index is 6.84. The van der Waals surface area contributed by atoms with Gasteiger partial charge in [0.1, 0.15) is 24.0 Å². The molecule has 0 unspecified atom stereocenters. The Morgan fingerprint density at radius 3 is 1.77 bits per heavy atom. The highest BCUT2D eigenvalue weighted by Crippen LogP contribution is 2.47. The van der Waals surface area contributed by atoms with Gasteiger partial charge >= 0.3 is 0 Å².